The molecule has 1 saturated heterocycles. The van der Waals surface area contributed by atoms with Crippen molar-refractivity contribution in [3.05, 3.63) is 0 Å². The Morgan fingerprint density at radius 1 is 1.27 bits per heavy atom. The molecule has 0 unspecified atom stereocenters. The van der Waals surface area contributed by atoms with Crippen molar-refractivity contribution >= 4 is 0 Å². The highest BCUT2D eigenvalue weighted by Gasteiger charge is 2.37. The standard InChI is InChI=1S/C9H17NO/c11-8-3-6-10-9(7-8)4-1-2-5-9/h8,10-11H,1-7H2/t8-/m0/s1. The molecule has 0 bridgehead atoms. The molecule has 2 heteroatoms. The molecule has 0 aromatic heterocycles. The first kappa shape index (κ1) is 7.56. The molecular formula is C9H17NO. The maximum absolute atomic E-state index is 9.49. The van der Waals surface area contributed by atoms with E-state index in [9.17, 15) is 5.11 Å². The van der Waals surface area contributed by atoms with Crippen molar-refractivity contribution in [1.82, 2.24) is 5.32 Å². The Morgan fingerprint density at radius 2 is 2.00 bits per heavy atom. The van der Waals surface area contributed by atoms with E-state index in [1.807, 2.05) is 0 Å². The average molecular weight is 155 g/mol. The Hall–Kier alpha value is -0.0800. The first-order valence-corrected chi connectivity index (χ1v) is 4.74. The highest BCUT2D eigenvalue weighted by Crippen LogP contribution is 2.35. The Bertz CT molecular complexity index is 140. The van der Waals surface area contributed by atoms with Crippen LogP contribution in [0.2, 0.25) is 0 Å². The van der Waals surface area contributed by atoms with Gasteiger partial charge in [-0.3, -0.25) is 0 Å². The van der Waals surface area contributed by atoms with Crippen LogP contribution < -0.4 is 5.32 Å². The lowest BCUT2D eigenvalue weighted by Gasteiger charge is -2.37. The molecule has 1 heterocycles. The summed E-state index contributed by atoms with van der Waals surface area (Å²) in [6, 6.07) is 0. The van der Waals surface area contributed by atoms with Gasteiger partial charge >= 0.3 is 0 Å². The molecule has 2 aliphatic rings. The lowest BCUT2D eigenvalue weighted by molar-refractivity contribution is 0.0795. The van der Waals surface area contributed by atoms with Crippen LogP contribution in [0.1, 0.15) is 38.5 Å². The van der Waals surface area contributed by atoms with Gasteiger partial charge in [-0.25, -0.2) is 0 Å². The molecule has 2 fully saturated rings. The third kappa shape index (κ3) is 1.42. The van der Waals surface area contributed by atoms with Gasteiger partial charge in [0.15, 0.2) is 0 Å². The number of nitrogens with one attached hydrogen (secondary N) is 1. The van der Waals surface area contributed by atoms with Gasteiger partial charge in [0.1, 0.15) is 0 Å². The number of hydrogen-bond acceptors (Lipinski definition) is 2. The van der Waals surface area contributed by atoms with E-state index in [0.29, 0.717) is 5.54 Å². The second-order valence-corrected chi connectivity index (χ2v) is 4.06. The monoisotopic (exact) mass is 155 g/mol. The second-order valence-electron chi connectivity index (χ2n) is 4.06. The lowest BCUT2D eigenvalue weighted by Crippen LogP contribution is -2.50. The van der Waals surface area contributed by atoms with E-state index in [-0.39, 0.29) is 6.10 Å². The van der Waals surface area contributed by atoms with Crippen LogP contribution >= 0.6 is 0 Å². The Balaban J connectivity index is 2.00. The molecule has 1 saturated carbocycles. The SMILES string of the molecule is O[C@H]1CCNC2(CCCC2)C1. The van der Waals surface area contributed by atoms with Crippen LogP contribution in [0.5, 0.6) is 0 Å². The van der Waals surface area contributed by atoms with Crippen molar-refractivity contribution < 1.29 is 5.11 Å². The van der Waals surface area contributed by atoms with Gasteiger partial charge in [0.05, 0.1) is 6.10 Å². The number of piperidine rings is 1. The van der Waals surface area contributed by atoms with Gasteiger partial charge in [0.2, 0.25) is 0 Å². The molecule has 11 heavy (non-hydrogen) atoms. The number of rotatable bonds is 0. The van der Waals surface area contributed by atoms with Crippen LogP contribution in [0, 0.1) is 0 Å². The number of aliphatic hydroxyl groups is 1. The van der Waals surface area contributed by atoms with Crippen molar-refractivity contribution in [3.63, 3.8) is 0 Å². The largest absolute Gasteiger partial charge is 0.393 e. The fourth-order valence-electron chi connectivity index (χ4n) is 2.56. The van der Waals surface area contributed by atoms with Crippen LogP contribution in [0.4, 0.5) is 0 Å². The fourth-order valence-corrected chi connectivity index (χ4v) is 2.56. The smallest absolute Gasteiger partial charge is 0.0569 e. The van der Waals surface area contributed by atoms with Crippen molar-refractivity contribution in [1.29, 1.82) is 0 Å². The minimum Gasteiger partial charge on any atom is -0.393 e. The van der Waals surface area contributed by atoms with E-state index < -0.39 is 0 Å². The summed E-state index contributed by atoms with van der Waals surface area (Å²) >= 11 is 0. The van der Waals surface area contributed by atoms with Crippen molar-refractivity contribution in [2.45, 2.75) is 50.2 Å². The van der Waals surface area contributed by atoms with Crippen LogP contribution in [-0.4, -0.2) is 23.3 Å². The molecule has 1 spiro atoms. The van der Waals surface area contributed by atoms with Crippen molar-refractivity contribution in [2.75, 3.05) is 6.54 Å². The summed E-state index contributed by atoms with van der Waals surface area (Å²) in [6.07, 6.45) is 7.16. The molecule has 0 amide bonds. The van der Waals surface area contributed by atoms with E-state index in [0.717, 1.165) is 19.4 Å². The highest BCUT2D eigenvalue weighted by atomic mass is 16.3. The van der Waals surface area contributed by atoms with Gasteiger partial charge in [-0.1, -0.05) is 12.8 Å². The summed E-state index contributed by atoms with van der Waals surface area (Å²) in [5.74, 6) is 0. The van der Waals surface area contributed by atoms with Gasteiger partial charge in [0.25, 0.3) is 0 Å². The second kappa shape index (κ2) is 2.76. The molecule has 1 aliphatic heterocycles. The van der Waals surface area contributed by atoms with Crippen LogP contribution in [-0.2, 0) is 0 Å². The van der Waals surface area contributed by atoms with E-state index in [4.69, 9.17) is 0 Å². The number of aliphatic hydroxyl groups excluding tert-OH is 1. The molecular weight excluding hydrogens is 138 g/mol. The topological polar surface area (TPSA) is 32.3 Å². The van der Waals surface area contributed by atoms with Gasteiger partial charge in [-0.05, 0) is 32.2 Å². The van der Waals surface area contributed by atoms with E-state index in [1.54, 1.807) is 0 Å². The predicted molar refractivity (Wildman–Crippen MR) is 44.4 cm³/mol. The first-order valence-electron chi connectivity index (χ1n) is 4.74. The molecule has 2 N–H and O–H groups in total. The summed E-state index contributed by atoms with van der Waals surface area (Å²) in [5, 5.41) is 13.1. The molecule has 2 rings (SSSR count). The quantitative estimate of drug-likeness (QED) is 0.548. The number of hydrogen-bond donors (Lipinski definition) is 2. The molecule has 1 aliphatic carbocycles. The molecule has 64 valence electrons. The van der Waals surface area contributed by atoms with Crippen LogP contribution in [0.25, 0.3) is 0 Å². The Labute approximate surface area is 68.0 Å². The summed E-state index contributed by atoms with van der Waals surface area (Å²) < 4.78 is 0. The van der Waals surface area contributed by atoms with E-state index in [2.05, 4.69) is 5.32 Å². The summed E-state index contributed by atoms with van der Waals surface area (Å²) in [5.41, 5.74) is 0.345. The lowest BCUT2D eigenvalue weighted by atomic mass is 9.86. The third-order valence-electron chi connectivity index (χ3n) is 3.16. The zero-order valence-corrected chi connectivity index (χ0v) is 6.97. The van der Waals surface area contributed by atoms with Gasteiger partial charge in [0, 0.05) is 5.54 Å². The van der Waals surface area contributed by atoms with Gasteiger partial charge in [-0.15, -0.1) is 0 Å². The van der Waals surface area contributed by atoms with Gasteiger partial charge in [-0.2, -0.15) is 0 Å². The zero-order valence-electron chi connectivity index (χ0n) is 6.97. The predicted octanol–water partition coefficient (Wildman–Crippen LogP) is 1.04. The first-order chi connectivity index (χ1) is 5.31. The maximum atomic E-state index is 9.49. The van der Waals surface area contributed by atoms with Gasteiger partial charge < -0.3 is 10.4 Å². The summed E-state index contributed by atoms with van der Waals surface area (Å²) in [4.78, 5) is 0. The highest BCUT2D eigenvalue weighted by molar-refractivity contribution is 4.97. The molecule has 2 nitrogen and oxygen atoms in total. The maximum Gasteiger partial charge on any atom is 0.0569 e. The van der Waals surface area contributed by atoms with Crippen molar-refractivity contribution in [3.8, 4) is 0 Å². The average Bonchev–Trinajstić information content (AvgIpc) is 2.37. The Morgan fingerprint density at radius 3 is 2.64 bits per heavy atom. The summed E-state index contributed by atoms with van der Waals surface area (Å²) in [7, 11) is 0. The minimum absolute atomic E-state index is 0.0330. The Kier molecular flexibility index (Phi) is 1.90. The van der Waals surface area contributed by atoms with Crippen molar-refractivity contribution in [2.24, 2.45) is 0 Å². The van der Waals surface area contributed by atoms with E-state index >= 15 is 0 Å². The van der Waals surface area contributed by atoms with Crippen LogP contribution in [0.3, 0.4) is 0 Å². The minimum atomic E-state index is -0.0330. The third-order valence-corrected chi connectivity index (χ3v) is 3.16. The molecule has 0 aromatic rings. The normalized spacial score (nSPS) is 36.3. The van der Waals surface area contributed by atoms with Crippen LogP contribution in [0.15, 0.2) is 0 Å². The molecule has 1 atom stereocenters. The fraction of sp³-hybridized carbons (Fsp3) is 1.00. The molecule has 0 radical (unpaired) electrons. The summed E-state index contributed by atoms with van der Waals surface area (Å²) in [6.45, 7) is 1.02. The zero-order chi connectivity index (χ0) is 7.73. The van der Waals surface area contributed by atoms with E-state index in [1.165, 1.54) is 25.7 Å². The molecule has 0 aromatic carbocycles.